The fraction of sp³-hybridized carbons (Fsp3) is 0.455. The maximum atomic E-state index is 9.99. The van der Waals surface area contributed by atoms with Gasteiger partial charge in [0.1, 0.15) is 5.75 Å². The SMILES string of the molecule is COc1ccc(Cl)c2c1CSCCC2O. The van der Waals surface area contributed by atoms with Gasteiger partial charge in [-0.1, -0.05) is 11.6 Å². The van der Waals surface area contributed by atoms with Crippen molar-refractivity contribution in [3.63, 3.8) is 0 Å². The first-order valence-electron chi connectivity index (χ1n) is 4.85. The van der Waals surface area contributed by atoms with Crippen LogP contribution in [0, 0.1) is 0 Å². The predicted octanol–water partition coefficient (Wildman–Crippen LogP) is 3.02. The summed E-state index contributed by atoms with van der Waals surface area (Å²) in [6, 6.07) is 3.65. The number of halogens is 1. The Kier molecular flexibility index (Phi) is 3.44. The highest BCUT2D eigenvalue weighted by Crippen LogP contribution is 2.39. The summed E-state index contributed by atoms with van der Waals surface area (Å²) in [5.74, 6) is 2.63. The number of ether oxygens (including phenoxy) is 1. The molecule has 1 N–H and O–H groups in total. The van der Waals surface area contributed by atoms with Gasteiger partial charge < -0.3 is 9.84 Å². The van der Waals surface area contributed by atoms with Gasteiger partial charge in [-0.2, -0.15) is 11.8 Å². The summed E-state index contributed by atoms with van der Waals surface area (Å²) in [6.07, 6.45) is 0.294. The number of aliphatic hydroxyl groups is 1. The molecule has 1 atom stereocenters. The van der Waals surface area contributed by atoms with Crippen molar-refractivity contribution in [1.29, 1.82) is 0 Å². The lowest BCUT2D eigenvalue weighted by Gasteiger charge is -2.15. The molecule has 0 saturated heterocycles. The standard InChI is InChI=1S/C11H13ClO2S/c1-14-10-3-2-8(12)11-7(10)6-15-5-4-9(11)13/h2-3,9,13H,4-6H2,1H3. The topological polar surface area (TPSA) is 29.5 Å². The van der Waals surface area contributed by atoms with Crippen LogP contribution in [0.5, 0.6) is 5.75 Å². The molecular weight excluding hydrogens is 232 g/mol. The van der Waals surface area contributed by atoms with Crippen molar-refractivity contribution in [2.24, 2.45) is 0 Å². The van der Waals surface area contributed by atoms with Gasteiger partial charge in [-0.15, -0.1) is 0 Å². The zero-order valence-electron chi connectivity index (χ0n) is 8.50. The molecule has 0 radical (unpaired) electrons. The molecule has 1 aliphatic rings. The van der Waals surface area contributed by atoms with E-state index in [0.29, 0.717) is 5.02 Å². The molecule has 82 valence electrons. The van der Waals surface area contributed by atoms with Crippen LogP contribution < -0.4 is 4.74 Å². The van der Waals surface area contributed by atoms with Crippen molar-refractivity contribution in [3.05, 3.63) is 28.3 Å². The molecule has 0 aromatic heterocycles. The molecule has 0 saturated carbocycles. The van der Waals surface area contributed by atoms with Gasteiger partial charge in [-0.25, -0.2) is 0 Å². The van der Waals surface area contributed by atoms with E-state index in [1.165, 1.54) is 0 Å². The van der Waals surface area contributed by atoms with E-state index >= 15 is 0 Å². The van der Waals surface area contributed by atoms with Crippen LogP contribution in [-0.4, -0.2) is 18.0 Å². The van der Waals surface area contributed by atoms with Crippen LogP contribution >= 0.6 is 23.4 Å². The minimum absolute atomic E-state index is 0.461. The van der Waals surface area contributed by atoms with Crippen LogP contribution in [0.4, 0.5) is 0 Å². The van der Waals surface area contributed by atoms with E-state index < -0.39 is 6.10 Å². The second-order valence-electron chi connectivity index (χ2n) is 3.50. The largest absolute Gasteiger partial charge is 0.496 e. The number of rotatable bonds is 1. The zero-order chi connectivity index (χ0) is 10.8. The lowest BCUT2D eigenvalue weighted by molar-refractivity contribution is 0.174. The quantitative estimate of drug-likeness (QED) is 0.824. The third-order valence-corrected chi connectivity index (χ3v) is 3.94. The number of fused-ring (bicyclic) bond motifs is 1. The first kappa shape index (κ1) is 11.1. The second-order valence-corrected chi connectivity index (χ2v) is 5.01. The van der Waals surface area contributed by atoms with Crippen molar-refractivity contribution in [1.82, 2.24) is 0 Å². The normalized spacial score (nSPS) is 20.6. The Morgan fingerprint density at radius 3 is 3.07 bits per heavy atom. The Hall–Kier alpha value is -0.380. The number of benzene rings is 1. The molecule has 2 nitrogen and oxygen atoms in total. The predicted molar refractivity (Wildman–Crippen MR) is 63.7 cm³/mol. The Morgan fingerprint density at radius 2 is 2.33 bits per heavy atom. The van der Waals surface area contributed by atoms with E-state index in [2.05, 4.69) is 0 Å². The lowest BCUT2D eigenvalue weighted by Crippen LogP contribution is -2.02. The van der Waals surface area contributed by atoms with E-state index in [1.54, 1.807) is 24.9 Å². The monoisotopic (exact) mass is 244 g/mol. The Bertz CT molecular complexity index is 368. The van der Waals surface area contributed by atoms with Crippen LogP contribution in [0.25, 0.3) is 0 Å². The van der Waals surface area contributed by atoms with Crippen LogP contribution in [-0.2, 0) is 5.75 Å². The summed E-state index contributed by atoms with van der Waals surface area (Å²) >= 11 is 7.92. The van der Waals surface area contributed by atoms with Crippen molar-refractivity contribution in [3.8, 4) is 5.75 Å². The van der Waals surface area contributed by atoms with Gasteiger partial charge in [-0.3, -0.25) is 0 Å². The average Bonchev–Trinajstić information content (AvgIpc) is 2.42. The van der Waals surface area contributed by atoms with Crippen molar-refractivity contribution in [2.45, 2.75) is 18.3 Å². The molecule has 0 spiro atoms. The van der Waals surface area contributed by atoms with E-state index in [1.807, 2.05) is 6.07 Å². The van der Waals surface area contributed by atoms with Gasteiger partial charge in [0.05, 0.1) is 13.2 Å². The molecule has 15 heavy (non-hydrogen) atoms. The fourth-order valence-corrected chi connectivity index (χ4v) is 3.17. The lowest BCUT2D eigenvalue weighted by atomic mass is 10.0. The molecule has 1 heterocycles. The number of hydrogen-bond donors (Lipinski definition) is 1. The first-order valence-corrected chi connectivity index (χ1v) is 6.38. The van der Waals surface area contributed by atoms with E-state index in [0.717, 1.165) is 34.8 Å². The van der Waals surface area contributed by atoms with Crippen molar-refractivity contribution in [2.75, 3.05) is 12.9 Å². The molecule has 1 aliphatic heterocycles. The molecule has 0 amide bonds. The summed E-state index contributed by atoms with van der Waals surface area (Å²) in [5.41, 5.74) is 1.89. The Labute approximate surface area is 98.6 Å². The van der Waals surface area contributed by atoms with E-state index in [4.69, 9.17) is 16.3 Å². The third kappa shape index (κ3) is 2.10. The summed E-state index contributed by atoms with van der Waals surface area (Å²) in [4.78, 5) is 0. The highest BCUT2D eigenvalue weighted by molar-refractivity contribution is 7.98. The van der Waals surface area contributed by atoms with Crippen LogP contribution in [0.15, 0.2) is 12.1 Å². The van der Waals surface area contributed by atoms with Gasteiger partial charge in [0, 0.05) is 21.9 Å². The van der Waals surface area contributed by atoms with E-state index in [-0.39, 0.29) is 0 Å². The molecule has 1 aromatic rings. The smallest absolute Gasteiger partial charge is 0.123 e. The Balaban J connectivity index is 2.55. The highest BCUT2D eigenvalue weighted by atomic mass is 35.5. The summed E-state index contributed by atoms with van der Waals surface area (Å²) in [6.45, 7) is 0. The summed E-state index contributed by atoms with van der Waals surface area (Å²) in [5, 5.41) is 10.6. The maximum Gasteiger partial charge on any atom is 0.123 e. The van der Waals surface area contributed by atoms with Crippen LogP contribution in [0.1, 0.15) is 23.7 Å². The highest BCUT2D eigenvalue weighted by Gasteiger charge is 2.22. The number of thioether (sulfide) groups is 1. The summed E-state index contributed by atoms with van der Waals surface area (Å²) in [7, 11) is 1.64. The van der Waals surface area contributed by atoms with Crippen molar-refractivity contribution < 1.29 is 9.84 Å². The minimum atomic E-state index is -0.461. The van der Waals surface area contributed by atoms with Gasteiger partial charge in [0.25, 0.3) is 0 Å². The number of methoxy groups -OCH3 is 1. The molecule has 4 heteroatoms. The van der Waals surface area contributed by atoms with E-state index in [9.17, 15) is 5.11 Å². The molecule has 0 aliphatic carbocycles. The average molecular weight is 245 g/mol. The third-order valence-electron chi connectivity index (χ3n) is 2.60. The van der Waals surface area contributed by atoms with Gasteiger partial charge in [0.2, 0.25) is 0 Å². The zero-order valence-corrected chi connectivity index (χ0v) is 10.1. The van der Waals surface area contributed by atoms with Gasteiger partial charge in [-0.05, 0) is 24.3 Å². The molecule has 1 unspecified atom stereocenters. The first-order chi connectivity index (χ1) is 7.24. The fourth-order valence-electron chi connectivity index (χ4n) is 1.83. The molecule has 1 aromatic carbocycles. The van der Waals surface area contributed by atoms with Crippen LogP contribution in [0.2, 0.25) is 5.02 Å². The summed E-state index contributed by atoms with van der Waals surface area (Å²) < 4.78 is 5.29. The number of aliphatic hydroxyl groups excluding tert-OH is 1. The van der Waals surface area contributed by atoms with Gasteiger partial charge >= 0.3 is 0 Å². The Morgan fingerprint density at radius 1 is 1.53 bits per heavy atom. The molecule has 2 rings (SSSR count). The molecule has 0 bridgehead atoms. The molecular formula is C11H13ClO2S. The minimum Gasteiger partial charge on any atom is -0.496 e. The number of hydrogen-bond acceptors (Lipinski definition) is 3. The molecule has 0 fully saturated rings. The van der Waals surface area contributed by atoms with Crippen LogP contribution in [0.3, 0.4) is 0 Å². The van der Waals surface area contributed by atoms with Gasteiger partial charge in [0.15, 0.2) is 0 Å². The van der Waals surface area contributed by atoms with Crippen molar-refractivity contribution >= 4 is 23.4 Å². The maximum absolute atomic E-state index is 9.99. The second kappa shape index (κ2) is 4.64.